The molecule has 140 valence electrons. The molecule has 1 aliphatic heterocycles. The fraction of sp³-hybridized carbons (Fsp3) is 0.176. The maximum Gasteiger partial charge on any atom is 0.339 e. The Morgan fingerprint density at radius 3 is 2.70 bits per heavy atom. The summed E-state index contributed by atoms with van der Waals surface area (Å²) in [5.74, 6) is -0.400. The Kier molecular flexibility index (Phi) is 4.79. The number of nitro groups is 1. The normalized spacial score (nSPS) is 12.9. The molecule has 1 aliphatic rings. The molecule has 0 fully saturated rings. The Morgan fingerprint density at radius 2 is 1.96 bits per heavy atom. The number of hydrogen-bond acceptors (Lipinski definition) is 8. The number of carbonyl (C=O) groups is 2. The number of hydrogen-bond donors (Lipinski definition) is 2. The van der Waals surface area contributed by atoms with Crippen LogP contribution in [0, 0.1) is 10.1 Å². The fourth-order valence-corrected chi connectivity index (χ4v) is 2.33. The van der Waals surface area contributed by atoms with E-state index in [1.54, 1.807) is 18.2 Å². The zero-order chi connectivity index (χ0) is 19.6. The largest absolute Gasteiger partial charge is 0.454 e. The number of fused-ring (bicyclic) bond motifs is 1. The number of rotatable bonds is 5. The molecule has 0 aromatic heterocycles. The second kappa shape index (κ2) is 7.20. The predicted molar refractivity (Wildman–Crippen MR) is 93.6 cm³/mol. The van der Waals surface area contributed by atoms with Gasteiger partial charge < -0.3 is 25.3 Å². The number of nitrogens with two attached hydrogens (primary N) is 1. The minimum absolute atomic E-state index is 0.0786. The molecule has 0 radical (unpaired) electrons. The van der Waals surface area contributed by atoms with Crippen LogP contribution in [0.25, 0.3) is 0 Å². The van der Waals surface area contributed by atoms with Crippen LogP contribution in [0.3, 0.4) is 0 Å². The summed E-state index contributed by atoms with van der Waals surface area (Å²) in [7, 11) is 0. The van der Waals surface area contributed by atoms with Gasteiger partial charge in [0.1, 0.15) is 5.69 Å². The third-order valence-corrected chi connectivity index (χ3v) is 3.76. The van der Waals surface area contributed by atoms with E-state index < -0.39 is 28.6 Å². The summed E-state index contributed by atoms with van der Waals surface area (Å²) < 4.78 is 15.5. The maximum atomic E-state index is 12.2. The zero-order valence-corrected chi connectivity index (χ0v) is 14.1. The lowest BCUT2D eigenvalue weighted by Crippen LogP contribution is -2.30. The van der Waals surface area contributed by atoms with E-state index in [1.165, 1.54) is 19.1 Å². The molecule has 2 aromatic carbocycles. The van der Waals surface area contributed by atoms with E-state index >= 15 is 0 Å². The smallest absolute Gasteiger partial charge is 0.339 e. The van der Waals surface area contributed by atoms with Gasteiger partial charge in [-0.05, 0) is 31.2 Å². The minimum Gasteiger partial charge on any atom is -0.454 e. The van der Waals surface area contributed by atoms with Crippen molar-refractivity contribution in [3.8, 4) is 11.5 Å². The predicted octanol–water partition coefficient (Wildman–Crippen LogP) is 2.09. The van der Waals surface area contributed by atoms with Crippen LogP contribution in [0.2, 0.25) is 0 Å². The number of carbonyl (C=O) groups excluding carboxylic acids is 2. The lowest BCUT2D eigenvalue weighted by molar-refractivity contribution is -0.383. The second-order valence-electron chi connectivity index (χ2n) is 5.64. The van der Waals surface area contributed by atoms with E-state index in [2.05, 4.69) is 5.32 Å². The lowest BCUT2D eigenvalue weighted by atomic mass is 10.2. The number of nitrogen functional groups attached to an aromatic ring is 1. The summed E-state index contributed by atoms with van der Waals surface area (Å²) in [6.07, 6.45) is -1.14. The van der Waals surface area contributed by atoms with Crippen molar-refractivity contribution in [3.05, 3.63) is 52.1 Å². The molecule has 0 bridgehead atoms. The van der Waals surface area contributed by atoms with Crippen molar-refractivity contribution in [2.45, 2.75) is 13.0 Å². The third-order valence-electron chi connectivity index (χ3n) is 3.76. The summed E-state index contributed by atoms with van der Waals surface area (Å²) in [6.45, 7) is 1.49. The highest BCUT2D eigenvalue weighted by Crippen LogP contribution is 2.34. The van der Waals surface area contributed by atoms with Gasteiger partial charge in [-0.1, -0.05) is 0 Å². The van der Waals surface area contributed by atoms with Crippen molar-refractivity contribution >= 4 is 28.9 Å². The van der Waals surface area contributed by atoms with Crippen LogP contribution >= 0.6 is 0 Å². The Balaban J connectivity index is 1.65. The number of amides is 1. The second-order valence-corrected chi connectivity index (χ2v) is 5.64. The highest BCUT2D eigenvalue weighted by atomic mass is 16.7. The van der Waals surface area contributed by atoms with Crippen LogP contribution in [-0.4, -0.2) is 29.7 Å². The molecule has 0 saturated heterocycles. The van der Waals surface area contributed by atoms with E-state index in [0.717, 1.165) is 6.07 Å². The fourth-order valence-electron chi connectivity index (χ4n) is 2.33. The van der Waals surface area contributed by atoms with Crippen molar-refractivity contribution in [1.29, 1.82) is 0 Å². The van der Waals surface area contributed by atoms with Crippen LogP contribution in [0.15, 0.2) is 36.4 Å². The van der Waals surface area contributed by atoms with Gasteiger partial charge in [-0.15, -0.1) is 0 Å². The quantitative estimate of drug-likeness (QED) is 0.351. The van der Waals surface area contributed by atoms with Gasteiger partial charge in [0.2, 0.25) is 6.79 Å². The molecule has 3 N–H and O–H groups in total. The van der Waals surface area contributed by atoms with Crippen molar-refractivity contribution in [2.24, 2.45) is 0 Å². The van der Waals surface area contributed by atoms with Crippen molar-refractivity contribution in [1.82, 2.24) is 0 Å². The molecule has 10 heteroatoms. The molecular weight excluding hydrogens is 358 g/mol. The summed E-state index contributed by atoms with van der Waals surface area (Å²) in [6, 6.07) is 8.35. The van der Waals surface area contributed by atoms with Gasteiger partial charge in [-0.3, -0.25) is 14.9 Å². The summed E-state index contributed by atoms with van der Waals surface area (Å²) >= 11 is 0. The van der Waals surface area contributed by atoms with E-state index in [-0.39, 0.29) is 18.0 Å². The molecule has 10 nitrogen and oxygen atoms in total. The molecule has 0 spiro atoms. The summed E-state index contributed by atoms with van der Waals surface area (Å²) in [5.41, 5.74) is 5.35. The minimum atomic E-state index is -1.14. The van der Waals surface area contributed by atoms with Gasteiger partial charge in [0.05, 0.1) is 10.5 Å². The van der Waals surface area contributed by atoms with Crippen LogP contribution < -0.4 is 20.5 Å². The number of ether oxygens (including phenoxy) is 3. The molecule has 1 atom stereocenters. The van der Waals surface area contributed by atoms with Crippen molar-refractivity contribution in [3.63, 3.8) is 0 Å². The number of nitro benzene ring substituents is 1. The van der Waals surface area contributed by atoms with Gasteiger partial charge in [-0.2, -0.15) is 0 Å². The first kappa shape index (κ1) is 18.0. The SMILES string of the molecule is C[C@H](OC(=O)c1ccc(N)c([N+](=O)[O-])c1)C(=O)Nc1ccc2c(c1)OCO2. The van der Waals surface area contributed by atoms with E-state index in [1.807, 2.05) is 0 Å². The number of nitrogens with zero attached hydrogens (tertiary/aromatic N) is 1. The molecular formula is C17H15N3O7. The molecule has 0 unspecified atom stereocenters. The molecule has 0 aliphatic carbocycles. The van der Waals surface area contributed by atoms with Crippen molar-refractivity contribution < 1.29 is 28.7 Å². The van der Waals surface area contributed by atoms with Gasteiger partial charge in [-0.25, -0.2) is 4.79 Å². The van der Waals surface area contributed by atoms with Crippen LogP contribution in [0.5, 0.6) is 11.5 Å². The van der Waals surface area contributed by atoms with Crippen LogP contribution in [0.1, 0.15) is 17.3 Å². The average molecular weight is 373 g/mol. The highest BCUT2D eigenvalue weighted by molar-refractivity contribution is 5.98. The highest BCUT2D eigenvalue weighted by Gasteiger charge is 2.22. The topological polar surface area (TPSA) is 143 Å². The van der Waals surface area contributed by atoms with Gasteiger partial charge in [0, 0.05) is 17.8 Å². The number of esters is 1. The summed E-state index contributed by atoms with van der Waals surface area (Å²) in [4.78, 5) is 34.6. The molecule has 1 heterocycles. The van der Waals surface area contributed by atoms with Crippen molar-refractivity contribution in [2.75, 3.05) is 17.8 Å². The Labute approximate surface area is 153 Å². The van der Waals surface area contributed by atoms with Gasteiger partial charge in [0.15, 0.2) is 17.6 Å². The van der Waals surface area contributed by atoms with Gasteiger partial charge >= 0.3 is 5.97 Å². The standard InChI is InChI=1S/C17H15N3O7/c1-9(16(21)19-11-3-5-14-15(7-11)26-8-25-14)27-17(22)10-2-4-12(18)13(6-10)20(23)24/h2-7,9H,8,18H2,1H3,(H,19,21)/t9-/m0/s1. The van der Waals surface area contributed by atoms with E-state index in [4.69, 9.17) is 19.9 Å². The lowest BCUT2D eigenvalue weighted by Gasteiger charge is -2.14. The Bertz CT molecular complexity index is 929. The number of benzene rings is 2. The van der Waals surface area contributed by atoms with Crippen LogP contribution in [-0.2, 0) is 9.53 Å². The first-order valence-corrected chi connectivity index (χ1v) is 7.80. The maximum absolute atomic E-state index is 12.2. The van der Waals surface area contributed by atoms with E-state index in [9.17, 15) is 19.7 Å². The van der Waals surface area contributed by atoms with E-state index in [0.29, 0.717) is 17.2 Å². The zero-order valence-electron chi connectivity index (χ0n) is 14.1. The Morgan fingerprint density at radius 1 is 1.22 bits per heavy atom. The summed E-state index contributed by atoms with van der Waals surface area (Å²) in [5, 5.41) is 13.5. The molecule has 2 aromatic rings. The van der Waals surface area contributed by atoms with Gasteiger partial charge in [0.25, 0.3) is 11.6 Å². The average Bonchev–Trinajstić information content (AvgIpc) is 3.09. The third kappa shape index (κ3) is 3.89. The Hall–Kier alpha value is -3.82. The number of anilines is 2. The monoisotopic (exact) mass is 373 g/mol. The number of nitrogens with one attached hydrogen (secondary N) is 1. The molecule has 1 amide bonds. The molecule has 3 rings (SSSR count). The first-order valence-electron chi connectivity index (χ1n) is 7.80. The molecule has 0 saturated carbocycles. The molecule has 27 heavy (non-hydrogen) atoms. The van der Waals surface area contributed by atoms with Crippen LogP contribution in [0.4, 0.5) is 17.1 Å². The first-order chi connectivity index (χ1) is 12.8.